The molecule has 0 heterocycles. The Morgan fingerprint density at radius 1 is 1.58 bits per heavy atom. The summed E-state index contributed by atoms with van der Waals surface area (Å²) in [5, 5.41) is 12.4. The van der Waals surface area contributed by atoms with E-state index in [2.05, 4.69) is 5.32 Å². The molecule has 106 valence electrons. The highest BCUT2D eigenvalue weighted by atomic mass is 35.5. The Labute approximate surface area is 121 Å². The van der Waals surface area contributed by atoms with Crippen molar-refractivity contribution in [1.29, 1.82) is 0 Å². The molecule has 1 rings (SSSR count). The number of rotatable bonds is 6. The van der Waals surface area contributed by atoms with Crippen LogP contribution in [0, 0.1) is 5.82 Å². The third-order valence-corrected chi connectivity index (χ3v) is 4.17. The summed E-state index contributed by atoms with van der Waals surface area (Å²) in [7, 11) is 0. The summed E-state index contributed by atoms with van der Waals surface area (Å²) >= 11 is 7.02. The molecule has 0 bridgehead atoms. The van der Waals surface area contributed by atoms with Gasteiger partial charge in [0, 0.05) is 6.54 Å². The summed E-state index contributed by atoms with van der Waals surface area (Å²) < 4.78 is 13.2. The van der Waals surface area contributed by atoms with Crippen molar-refractivity contribution in [3.05, 3.63) is 34.6 Å². The molecule has 0 fully saturated rings. The SMILES string of the molecule is CCC(SC)C(=O)NCC(O)c1ccc(Cl)c(F)c1. The van der Waals surface area contributed by atoms with E-state index < -0.39 is 11.9 Å². The second-order valence-corrected chi connectivity index (χ2v) is 5.51. The van der Waals surface area contributed by atoms with Crippen LogP contribution < -0.4 is 5.32 Å². The predicted molar refractivity (Wildman–Crippen MR) is 77.0 cm³/mol. The van der Waals surface area contributed by atoms with Crippen molar-refractivity contribution in [2.45, 2.75) is 24.7 Å². The number of nitrogens with one attached hydrogen (secondary N) is 1. The van der Waals surface area contributed by atoms with Gasteiger partial charge in [0.1, 0.15) is 5.82 Å². The Morgan fingerprint density at radius 2 is 2.26 bits per heavy atom. The third-order valence-electron chi connectivity index (χ3n) is 2.75. The fourth-order valence-electron chi connectivity index (χ4n) is 1.61. The van der Waals surface area contributed by atoms with Crippen molar-refractivity contribution in [2.24, 2.45) is 0 Å². The first-order valence-corrected chi connectivity index (χ1v) is 7.59. The Bertz CT molecular complexity index is 441. The minimum atomic E-state index is -0.949. The van der Waals surface area contributed by atoms with Crippen LogP contribution in [0.15, 0.2) is 18.2 Å². The summed E-state index contributed by atoms with van der Waals surface area (Å²) in [5.41, 5.74) is 0.388. The van der Waals surface area contributed by atoms with Gasteiger partial charge < -0.3 is 10.4 Å². The van der Waals surface area contributed by atoms with E-state index in [9.17, 15) is 14.3 Å². The molecular formula is C13H17ClFNO2S. The number of aliphatic hydroxyl groups excluding tert-OH is 1. The molecule has 6 heteroatoms. The monoisotopic (exact) mass is 305 g/mol. The molecule has 1 aromatic rings. The van der Waals surface area contributed by atoms with Gasteiger partial charge in [-0.1, -0.05) is 24.6 Å². The minimum absolute atomic E-state index is 0.00779. The molecule has 1 aromatic carbocycles. The normalized spacial score (nSPS) is 13.9. The maximum absolute atomic E-state index is 13.2. The molecule has 19 heavy (non-hydrogen) atoms. The van der Waals surface area contributed by atoms with E-state index in [1.807, 2.05) is 13.2 Å². The lowest BCUT2D eigenvalue weighted by Gasteiger charge is -2.16. The van der Waals surface area contributed by atoms with Gasteiger partial charge >= 0.3 is 0 Å². The zero-order chi connectivity index (χ0) is 14.4. The summed E-state index contributed by atoms with van der Waals surface area (Å²) in [6.45, 7) is 1.97. The number of amides is 1. The number of thioether (sulfide) groups is 1. The molecule has 0 spiro atoms. The van der Waals surface area contributed by atoms with E-state index in [-0.39, 0.29) is 22.7 Å². The standard InChI is InChI=1S/C13H17ClFNO2S/c1-3-12(19-2)13(18)16-7-11(17)8-4-5-9(14)10(15)6-8/h4-6,11-12,17H,3,7H2,1-2H3,(H,16,18). The molecule has 0 aliphatic rings. The lowest BCUT2D eigenvalue weighted by molar-refractivity contribution is -0.121. The van der Waals surface area contributed by atoms with E-state index in [1.165, 1.54) is 30.0 Å². The van der Waals surface area contributed by atoms with Crippen molar-refractivity contribution in [3.63, 3.8) is 0 Å². The molecule has 0 saturated heterocycles. The van der Waals surface area contributed by atoms with Gasteiger partial charge in [0.2, 0.25) is 5.91 Å². The van der Waals surface area contributed by atoms with E-state index in [0.29, 0.717) is 5.56 Å². The zero-order valence-corrected chi connectivity index (χ0v) is 12.4. The Morgan fingerprint density at radius 3 is 2.79 bits per heavy atom. The van der Waals surface area contributed by atoms with E-state index >= 15 is 0 Å². The van der Waals surface area contributed by atoms with Gasteiger partial charge in [0.05, 0.1) is 16.4 Å². The van der Waals surface area contributed by atoms with Gasteiger partial charge in [-0.05, 0) is 30.4 Å². The highest BCUT2D eigenvalue weighted by Crippen LogP contribution is 2.20. The van der Waals surface area contributed by atoms with Gasteiger partial charge in [-0.15, -0.1) is 0 Å². The first-order valence-electron chi connectivity index (χ1n) is 5.93. The van der Waals surface area contributed by atoms with Crippen LogP contribution >= 0.6 is 23.4 Å². The maximum atomic E-state index is 13.2. The van der Waals surface area contributed by atoms with Crippen LogP contribution in [0.4, 0.5) is 4.39 Å². The Kier molecular flexibility index (Phi) is 6.62. The third kappa shape index (κ3) is 4.67. The topological polar surface area (TPSA) is 49.3 Å². The van der Waals surface area contributed by atoms with Crippen LogP contribution in [-0.2, 0) is 4.79 Å². The molecule has 0 radical (unpaired) electrons. The number of carbonyl (C=O) groups excluding carboxylic acids is 1. The number of carbonyl (C=O) groups is 1. The molecule has 3 nitrogen and oxygen atoms in total. The fraction of sp³-hybridized carbons (Fsp3) is 0.462. The number of benzene rings is 1. The molecule has 2 unspecified atom stereocenters. The summed E-state index contributed by atoms with van der Waals surface area (Å²) in [6, 6.07) is 4.09. The van der Waals surface area contributed by atoms with Crippen LogP contribution in [0.5, 0.6) is 0 Å². The largest absolute Gasteiger partial charge is 0.387 e. The lowest BCUT2D eigenvalue weighted by atomic mass is 10.1. The van der Waals surface area contributed by atoms with Crippen molar-refractivity contribution < 1.29 is 14.3 Å². The Balaban J connectivity index is 2.57. The van der Waals surface area contributed by atoms with Crippen molar-refractivity contribution >= 4 is 29.3 Å². The van der Waals surface area contributed by atoms with E-state index in [1.54, 1.807) is 0 Å². The number of hydrogen-bond acceptors (Lipinski definition) is 3. The summed E-state index contributed by atoms with van der Waals surface area (Å²) in [5.74, 6) is -0.705. The molecule has 0 aliphatic heterocycles. The first kappa shape index (κ1) is 16.3. The molecule has 2 N–H and O–H groups in total. The molecule has 2 atom stereocenters. The van der Waals surface area contributed by atoms with E-state index in [0.717, 1.165) is 6.42 Å². The minimum Gasteiger partial charge on any atom is -0.387 e. The molecule has 0 aromatic heterocycles. The van der Waals surface area contributed by atoms with Crippen LogP contribution in [0.25, 0.3) is 0 Å². The molecule has 0 aliphatic carbocycles. The van der Waals surface area contributed by atoms with Gasteiger partial charge in [-0.3, -0.25) is 4.79 Å². The Hall–Kier alpha value is -0.780. The van der Waals surface area contributed by atoms with Crippen LogP contribution in [0.3, 0.4) is 0 Å². The average molecular weight is 306 g/mol. The summed E-state index contributed by atoms with van der Waals surface area (Å²) in [6.07, 6.45) is 1.63. The van der Waals surface area contributed by atoms with Crippen LogP contribution in [0.2, 0.25) is 5.02 Å². The predicted octanol–water partition coefficient (Wildman–Crippen LogP) is 2.77. The highest BCUT2D eigenvalue weighted by Gasteiger charge is 2.17. The number of aliphatic hydroxyl groups is 1. The lowest BCUT2D eigenvalue weighted by Crippen LogP contribution is -2.35. The highest BCUT2D eigenvalue weighted by molar-refractivity contribution is 7.99. The molecule has 0 saturated carbocycles. The van der Waals surface area contributed by atoms with Gasteiger partial charge in [0.25, 0.3) is 0 Å². The fourth-order valence-corrected chi connectivity index (χ4v) is 2.36. The van der Waals surface area contributed by atoms with Crippen LogP contribution in [-0.4, -0.2) is 29.1 Å². The van der Waals surface area contributed by atoms with Crippen molar-refractivity contribution in [3.8, 4) is 0 Å². The van der Waals surface area contributed by atoms with Gasteiger partial charge in [-0.25, -0.2) is 4.39 Å². The van der Waals surface area contributed by atoms with Crippen LogP contribution in [0.1, 0.15) is 25.0 Å². The van der Waals surface area contributed by atoms with Gasteiger partial charge in [0.15, 0.2) is 0 Å². The number of hydrogen-bond donors (Lipinski definition) is 2. The summed E-state index contributed by atoms with van der Waals surface area (Å²) in [4.78, 5) is 11.7. The second kappa shape index (κ2) is 7.72. The first-order chi connectivity index (χ1) is 8.99. The molecular weight excluding hydrogens is 289 g/mol. The number of halogens is 2. The second-order valence-electron chi connectivity index (χ2n) is 4.07. The maximum Gasteiger partial charge on any atom is 0.233 e. The van der Waals surface area contributed by atoms with Gasteiger partial charge in [-0.2, -0.15) is 11.8 Å². The zero-order valence-electron chi connectivity index (χ0n) is 10.8. The average Bonchev–Trinajstić information content (AvgIpc) is 2.40. The van der Waals surface area contributed by atoms with Crippen molar-refractivity contribution in [1.82, 2.24) is 5.32 Å². The molecule has 1 amide bonds. The smallest absolute Gasteiger partial charge is 0.233 e. The quantitative estimate of drug-likeness (QED) is 0.849. The van der Waals surface area contributed by atoms with E-state index in [4.69, 9.17) is 11.6 Å². The van der Waals surface area contributed by atoms with Crippen molar-refractivity contribution in [2.75, 3.05) is 12.8 Å².